The van der Waals surface area contributed by atoms with Gasteiger partial charge in [-0.3, -0.25) is 0 Å². The Morgan fingerprint density at radius 2 is 1.02 bits per heavy atom. The molecule has 0 fully saturated rings. The molecule has 0 saturated heterocycles. The quantitative estimate of drug-likeness (QED) is 0.203. The van der Waals surface area contributed by atoms with Crippen LogP contribution < -0.4 is 10.9 Å². The van der Waals surface area contributed by atoms with Gasteiger partial charge in [0, 0.05) is 16.5 Å². The number of hydrogen-bond donors (Lipinski definition) is 0. The molecule has 42 heavy (non-hydrogen) atoms. The van der Waals surface area contributed by atoms with Crippen molar-refractivity contribution in [3.63, 3.8) is 0 Å². The first kappa shape index (κ1) is 25.0. The Morgan fingerprint density at radius 1 is 0.476 bits per heavy atom. The second-order valence-corrected chi connectivity index (χ2v) is 11.5. The Balaban J connectivity index is 1.48. The normalized spacial score (nSPS) is 13.2. The highest BCUT2D eigenvalue weighted by Crippen LogP contribution is 2.56. The standard InChI is InChI=1S/C39H31B2N/c1-40-28-17-20-30(21-18-28)42-37-22-16-27(24-33(37)34-25-29(41-2)19-23-38(34)42)39(26-10-4-3-5-11-26)35-14-8-6-12-31(35)32-13-7-9-15-36(32)39/h3-25,40-41H,1-2H3. The van der Waals surface area contributed by atoms with E-state index in [1.54, 1.807) is 0 Å². The number of nitrogens with zero attached hydrogens (tertiary/aromatic N) is 1. The molecule has 0 aliphatic heterocycles. The summed E-state index contributed by atoms with van der Waals surface area (Å²) in [5.41, 5.74) is 14.0. The molecule has 0 spiro atoms. The fourth-order valence-corrected chi connectivity index (χ4v) is 7.39. The van der Waals surface area contributed by atoms with Gasteiger partial charge in [0.15, 0.2) is 14.6 Å². The predicted molar refractivity (Wildman–Crippen MR) is 183 cm³/mol. The van der Waals surface area contributed by atoms with Crippen LogP contribution in [0.5, 0.6) is 0 Å². The van der Waals surface area contributed by atoms with Gasteiger partial charge in [-0.2, -0.15) is 0 Å². The maximum absolute atomic E-state index is 2.49. The molecule has 198 valence electrons. The van der Waals surface area contributed by atoms with E-state index in [1.807, 2.05) is 0 Å². The van der Waals surface area contributed by atoms with Crippen molar-refractivity contribution < 1.29 is 0 Å². The van der Waals surface area contributed by atoms with Gasteiger partial charge >= 0.3 is 0 Å². The van der Waals surface area contributed by atoms with Crippen LogP contribution in [0, 0.1) is 0 Å². The van der Waals surface area contributed by atoms with Crippen molar-refractivity contribution in [2.45, 2.75) is 19.1 Å². The molecule has 7 aromatic rings. The highest BCUT2D eigenvalue weighted by atomic mass is 15.0. The number of aromatic nitrogens is 1. The van der Waals surface area contributed by atoms with Crippen molar-refractivity contribution in [1.29, 1.82) is 0 Å². The molecule has 0 amide bonds. The Kier molecular flexibility index (Phi) is 5.76. The highest BCUT2D eigenvalue weighted by Gasteiger charge is 2.46. The summed E-state index contributed by atoms with van der Waals surface area (Å²) in [4.78, 5) is 0. The molecular formula is C39H31B2N. The lowest BCUT2D eigenvalue weighted by Crippen LogP contribution is -2.28. The van der Waals surface area contributed by atoms with Gasteiger partial charge in [-0.15, -0.1) is 0 Å². The molecule has 0 unspecified atom stereocenters. The van der Waals surface area contributed by atoms with Crippen molar-refractivity contribution in [3.05, 3.63) is 162 Å². The number of rotatable bonds is 5. The van der Waals surface area contributed by atoms with Crippen LogP contribution >= 0.6 is 0 Å². The van der Waals surface area contributed by atoms with Crippen molar-refractivity contribution in [1.82, 2.24) is 4.57 Å². The smallest absolute Gasteiger partial charge is 0.154 e. The van der Waals surface area contributed by atoms with Crippen molar-refractivity contribution in [2.24, 2.45) is 0 Å². The number of fused-ring (bicyclic) bond motifs is 6. The lowest BCUT2D eigenvalue weighted by molar-refractivity contribution is 0.770. The van der Waals surface area contributed by atoms with E-state index in [1.165, 1.54) is 71.8 Å². The zero-order valence-corrected chi connectivity index (χ0v) is 24.1. The minimum atomic E-state index is -0.401. The van der Waals surface area contributed by atoms with Gasteiger partial charge in [-0.05, 0) is 63.7 Å². The maximum atomic E-state index is 2.49. The van der Waals surface area contributed by atoms with Gasteiger partial charge in [0.05, 0.1) is 16.4 Å². The number of benzene rings is 6. The van der Waals surface area contributed by atoms with Gasteiger partial charge in [-0.1, -0.05) is 134 Å². The van der Waals surface area contributed by atoms with Crippen LogP contribution in [-0.2, 0) is 5.41 Å². The molecule has 0 radical (unpaired) electrons. The molecule has 1 nitrogen and oxygen atoms in total. The second kappa shape index (κ2) is 9.67. The van der Waals surface area contributed by atoms with E-state index in [2.05, 4.69) is 158 Å². The average Bonchev–Trinajstić information content (AvgIpc) is 3.55. The largest absolute Gasteiger partial charge is 0.309 e. The van der Waals surface area contributed by atoms with Crippen LogP contribution in [0.1, 0.15) is 22.3 Å². The fraction of sp³-hybridized carbons (Fsp3) is 0.0769. The molecular weight excluding hydrogens is 504 g/mol. The second-order valence-electron chi connectivity index (χ2n) is 11.5. The third-order valence-corrected chi connectivity index (χ3v) is 9.43. The van der Waals surface area contributed by atoms with E-state index in [0.29, 0.717) is 0 Å². The summed E-state index contributed by atoms with van der Waals surface area (Å²) < 4.78 is 2.44. The van der Waals surface area contributed by atoms with Crippen molar-refractivity contribution in [3.8, 4) is 16.8 Å². The molecule has 0 N–H and O–H groups in total. The maximum Gasteiger partial charge on any atom is 0.154 e. The van der Waals surface area contributed by atoms with Gasteiger partial charge in [0.1, 0.15) is 0 Å². The first-order valence-corrected chi connectivity index (χ1v) is 15.2. The molecule has 1 heterocycles. The Hall–Kier alpha value is -4.75. The van der Waals surface area contributed by atoms with Gasteiger partial charge in [-0.25, -0.2) is 0 Å². The Labute approximate surface area is 249 Å². The Morgan fingerprint density at radius 3 is 1.67 bits per heavy atom. The van der Waals surface area contributed by atoms with E-state index in [0.717, 1.165) is 14.6 Å². The lowest BCUT2D eigenvalue weighted by atomic mass is 9.67. The highest BCUT2D eigenvalue weighted by molar-refractivity contribution is 6.52. The fourth-order valence-electron chi connectivity index (χ4n) is 7.39. The van der Waals surface area contributed by atoms with Crippen LogP contribution in [-0.4, -0.2) is 19.1 Å². The van der Waals surface area contributed by atoms with Gasteiger partial charge < -0.3 is 4.57 Å². The first-order valence-electron chi connectivity index (χ1n) is 15.2. The molecule has 0 saturated carbocycles. The van der Waals surface area contributed by atoms with Crippen LogP contribution in [0.25, 0.3) is 38.6 Å². The zero-order chi connectivity index (χ0) is 28.3. The zero-order valence-electron chi connectivity index (χ0n) is 24.1. The Bertz CT molecular complexity index is 2060. The average molecular weight is 535 g/mol. The topological polar surface area (TPSA) is 4.93 Å². The van der Waals surface area contributed by atoms with Crippen LogP contribution in [0.3, 0.4) is 0 Å². The van der Waals surface area contributed by atoms with Crippen molar-refractivity contribution >= 4 is 47.3 Å². The lowest BCUT2D eigenvalue weighted by Gasteiger charge is -2.34. The minimum absolute atomic E-state index is 0.401. The SMILES string of the molecule is CBc1ccc(-n2c3ccc(BC)cc3c3cc(C4(c5ccccc5)c5ccccc5-c5ccccc54)ccc32)cc1. The van der Waals surface area contributed by atoms with Crippen LogP contribution in [0.4, 0.5) is 0 Å². The van der Waals surface area contributed by atoms with Crippen LogP contribution in [0.15, 0.2) is 140 Å². The molecule has 0 bridgehead atoms. The van der Waals surface area contributed by atoms with Crippen LogP contribution in [0.2, 0.25) is 13.6 Å². The summed E-state index contributed by atoms with van der Waals surface area (Å²) in [5, 5.41) is 2.61. The summed E-state index contributed by atoms with van der Waals surface area (Å²) in [6.45, 7) is 4.46. The monoisotopic (exact) mass is 535 g/mol. The summed E-state index contributed by atoms with van der Waals surface area (Å²) in [7, 11) is 2.06. The molecule has 0 atom stereocenters. The summed E-state index contributed by atoms with van der Waals surface area (Å²) >= 11 is 0. The molecule has 6 aromatic carbocycles. The third kappa shape index (κ3) is 3.46. The molecule has 8 rings (SSSR count). The summed E-state index contributed by atoms with van der Waals surface area (Å²) in [6.07, 6.45) is 0. The molecule has 3 heteroatoms. The molecule has 1 aliphatic carbocycles. The van der Waals surface area contributed by atoms with E-state index in [4.69, 9.17) is 0 Å². The predicted octanol–water partition coefficient (Wildman–Crippen LogP) is 7.37. The summed E-state index contributed by atoms with van der Waals surface area (Å²) in [5.74, 6) is 0. The first-order chi connectivity index (χ1) is 20.7. The summed E-state index contributed by atoms with van der Waals surface area (Å²) in [6, 6.07) is 52.4. The number of hydrogen-bond acceptors (Lipinski definition) is 0. The van der Waals surface area contributed by atoms with E-state index >= 15 is 0 Å². The third-order valence-electron chi connectivity index (χ3n) is 9.43. The van der Waals surface area contributed by atoms with E-state index < -0.39 is 5.41 Å². The van der Waals surface area contributed by atoms with Crippen molar-refractivity contribution in [2.75, 3.05) is 0 Å². The van der Waals surface area contributed by atoms with Gasteiger partial charge in [0.25, 0.3) is 0 Å². The minimum Gasteiger partial charge on any atom is -0.309 e. The molecule has 1 aliphatic rings. The van der Waals surface area contributed by atoms with E-state index in [9.17, 15) is 0 Å². The molecule has 1 aromatic heterocycles. The van der Waals surface area contributed by atoms with E-state index in [-0.39, 0.29) is 0 Å². The van der Waals surface area contributed by atoms with Gasteiger partial charge in [0.2, 0.25) is 0 Å².